The molecule has 0 heterocycles. The summed E-state index contributed by atoms with van der Waals surface area (Å²) in [4.78, 5) is 0.197. The summed E-state index contributed by atoms with van der Waals surface area (Å²) in [5.74, 6) is 0.502. The van der Waals surface area contributed by atoms with E-state index in [1.165, 1.54) is 0 Å². The molecule has 112 valence electrons. The number of sulfonamides is 1. The van der Waals surface area contributed by atoms with Crippen molar-refractivity contribution in [3.05, 3.63) is 57.5 Å². The zero-order valence-electron chi connectivity index (χ0n) is 10.8. The molecule has 3 nitrogen and oxygen atoms in total. The van der Waals surface area contributed by atoms with Crippen molar-refractivity contribution in [3.63, 3.8) is 0 Å². The van der Waals surface area contributed by atoms with Crippen LogP contribution in [0.25, 0.3) is 0 Å². The third kappa shape index (κ3) is 4.36. The largest absolute Gasteiger partial charge is 0.278 e. The number of alkyl halides is 1. The van der Waals surface area contributed by atoms with E-state index < -0.39 is 10.0 Å². The lowest BCUT2D eigenvalue weighted by Crippen LogP contribution is -2.13. The van der Waals surface area contributed by atoms with Crippen molar-refractivity contribution in [2.24, 2.45) is 0 Å². The van der Waals surface area contributed by atoms with Crippen molar-refractivity contribution in [2.45, 2.75) is 11.3 Å². The second kappa shape index (κ2) is 7.01. The number of hydrogen-bond donors (Lipinski definition) is 1. The van der Waals surface area contributed by atoms with Gasteiger partial charge in [0.05, 0.1) is 10.6 Å². The molecule has 0 saturated carbocycles. The van der Waals surface area contributed by atoms with Crippen LogP contribution in [0.2, 0.25) is 5.02 Å². The van der Waals surface area contributed by atoms with Gasteiger partial charge in [-0.3, -0.25) is 4.72 Å². The molecule has 0 saturated heterocycles. The van der Waals surface area contributed by atoms with Gasteiger partial charge < -0.3 is 0 Å². The Labute approximate surface area is 142 Å². The second-order valence-corrected chi connectivity index (χ2v) is 7.66. The van der Waals surface area contributed by atoms with Crippen LogP contribution in [0, 0.1) is 0 Å². The summed E-state index contributed by atoms with van der Waals surface area (Å²) in [5.41, 5.74) is 1.43. The van der Waals surface area contributed by atoms with Crippen LogP contribution in [0.15, 0.2) is 51.8 Å². The summed E-state index contributed by atoms with van der Waals surface area (Å²) < 4.78 is 27.7. The van der Waals surface area contributed by atoms with Crippen LogP contribution in [0.3, 0.4) is 0 Å². The van der Waals surface area contributed by atoms with E-state index in [9.17, 15) is 8.42 Å². The molecule has 2 aromatic carbocycles. The highest BCUT2D eigenvalue weighted by molar-refractivity contribution is 9.10. The highest BCUT2D eigenvalue weighted by Crippen LogP contribution is 2.28. The molecule has 0 unspecified atom stereocenters. The summed E-state index contributed by atoms with van der Waals surface area (Å²) >= 11 is 14.8. The Hall–Kier alpha value is -0.750. The number of rotatable bonds is 5. The first-order valence-electron chi connectivity index (χ1n) is 6.05. The van der Waals surface area contributed by atoms with Crippen molar-refractivity contribution in [2.75, 3.05) is 10.6 Å². The van der Waals surface area contributed by atoms with Crippen molar-refractivity contribution in [3.8, 4) is 0 Å². The Bertz CT molecular complexity index is 733. The lowest BCUT2D eigenvalue weighted by Gasteiger charge is -2.10. The van der Waals surface area contributed by atoms with Crippen LogP contribution in [0.1, 0.15) is 5.56 Å². The van der Waals surface area contributed by atoms with Gasteiger partial charge >= 0.3 is 0 Å². The van der Waals surface area contributed by atoms with Gasteiger partial charge in [0.15, 0.2) is 0 Å². The molecule has 0 aliphatic rings. The molecule has 0 aliphatic carbocycles. The number of halogens is 3. The molecule has 0 aromatic heterocycles. The summed E-state index contributed by atoms with van der Waals surface area (Å²) in [6.45, 7) is 0. The van der Waals surface area contributed by atoms with Crippen molar-refractivity contribution >= 4 is 54.8 Å². The Kier molecular flexibility index (Phi) is 5.54. The van der Waals surface area contributed by atoms with Gasteiger partial charge in [0.2, 0.25) is 0 Å². The Morgan fingerprint density at radius 3 is 2.33 bits per heavy atom. The molecule has 0 amide bonds. The van der Waals surface area contributed by atoms with Gasteiger partial charge in [0.25, 0.3) is 10.0 Å². The summed E-state index contributed by atoms with van der Waals surface area (Å²) in [6, 6.07) is 11.5. The van der Waals surface area contributed by atoms with Gasteiger partial charge in [-0.2, -0.15) is 0 Å². The van der Waals surface area contributed by atoms with Crippen LogP contribution in [0.5, 0.6) is 0 Å². The minimum atomic E-state index is -3.64. The summed E-state index contributed by atoms with van der Waals surface area (Å²) in [6.07, 6.45) is 0.706. The van der Waals surface area contributed by atoms with E-state index in [1.807, 2.05) is 0 Å². The Morgan fingerprint density at radius 2 is 1.76 bits per heavy atom. The zero-order chi connectivity index (χ0) is 15.5. The molecule has 2 aromatic rings. The summed E-state index contributed by atoms with van der Waals surface area (Å²) in [7, 11) is -3.64. The van der Waals surface area contributed by atoms with E-state index in [0.29, 0.717) is 27.5 Å². The smallest absolute Gasteiger partial charge is 0.261 e. The van der Waals surface area contributed by atoms with Gasteiger partial charge in [-0.1, -0.05) is 23.7 Å². The predicted octanol–water partition coefficient (Wildman–Crippen LogP) is 4.68. The molecule has 0 fully saturated rings. The van der Waals surface area contributed by atoms with Gasteiger partial charge in [-0.15, -0.1) is 11.6 Å². The highest BCUT2D eigenvalue weighted by atomic mass is 79.9. The molecule has 21 heavy (non-hydrogen) atoms. The fourth-order valence-electron chi connectivity index (χ4n) is 1.72. The molecular weight excluding hydrogens is 397 g/mol. The van der Waals surface area contributed by atoms with Crippen LogP contribution >= 0.6 is 39.1 Å². The van der Waals surface area contributed by atoms with Crippen LogP contribution in [0.4, 0.5) is 5.69 Å². The number of nitrogens with one attached hydrogen (secondary N) is 1. The molecule has 0 aliphatic heterocycles. The first-order chi connectivity index (χ1) is 9.92. The van der Waals surface area contributed by atoms with E-state index in [0.717, 1.165) is 5.56 Å². The van der Waals surface area contributed by atoms with Gasteiger partial charge in [-0.25, -0.2) is 8.42 Å². The van der Waals surface area contributed by atoms with Crippen LogP contribution in [-0.4, -0.2) is 14.3 Å². The molecule has 0 atom stereocenters. The number of hydrogen-bond acceptors (Lipinski definition) is 2. The fourth-order valence-corrected chi connectivity index (χ4v) is 3.93. The standard InChI is InChI=1S/C14H12BrCl2NO2S/c15-13-9-11(17)3-6-14(13)18-21(19,20)12-4-1-10(2-5-12)7-8-16/h1-6,9,18H,7-8H2. The molecular formula is C14H12BrCl2NO2S. The predicted molar refractivity (Wildman–Crippen MR) is 90.8 cm³/mol. The molecule has 0 radical (unpaired) electrons. The van der Waals surface area contributed by atoms with E-state index >= 15 is 0 Å². The quantitative estimate of drug-likeness (QED) is 0.729. The van der Waals surface area contributed by atoms with E-state index in [2.05, 4.69) is 20.7 Å². The molecule has 0 spiro atoms. The average molecular weight is 409 g/mol. The monoisotopic (exact) mass is 407 g/mol. The SMILES string of the molecule is O=S(=O)(Nc1ccc(Cl)cc1Br)c1ccc(CCCl)cc1. The number of benzene rings is 2. The van der Waals surface area contributed by atoms with Gasteiger partial charge in [0.1, 0.15) is 0 Å². The second-order valence-electron chi connectivity index (χ2n) is 4.31. The topological polar surface area (TPSA) is 46.2 Å². The van der Waals surface area contributed by atoms with Gasteiger partial charge in [0, 0.05) is 15.4 Å². The first-order valence-corrected chi connectivity index (χ1v) is 9.24. The highest BCUT2D eigenvalue weighted by Gasteiger charge is 2.15. The summed E-state index contributed by atoms with van der Waals surface area (Å²) in [5, 5.41) is 0.523. The Balaban J connectivity index is 2.25. The molecule has 1 N–H and O–H groups in total. The zero-order valence-corrected chi connectivity index (χ0v) is 14.7. The van der Waals surface area contributed by atoms with E-state index in [1.54, 1.807) is 42.5 Å². The maximum Gasteiger partial charge on any atom is 0.261 e. The maximum atomic E-state index is 12.3. The molecule has 2 rings (SSSR count). The third-order valence-corrected chi connectivity index (χ3v) is 5.25. The maximum absolute atomic E-state index is 12.3. The van der Waals surface area contributed by atoms with Crippen LogP contribution < -0.4 is 4.72 Å². The molecule has 0 bridgehead atoms. The van der Waals surface area contributed by atoms with Crippen molar-refractivity contribution in [1.29, 1.82) is 0 Å². The van der Waals surface area contributed by atoms with E-state index in [4.69, 9.17) is 23.2 Å². The lowest BCUT2D eigenvalue weighted by atomic mass is 10.2. The Morgan fingerprint density at radius 1 is 1.10 bits per heavy atom. The number of aryl methyl sites for hydroxylation is 1. The minimum Gasteiger partial charge on any atom is -0.278 e. The van der Waals surface area contributed by atoms with E-state index in [-0.39, 0.29) is 4.90 Å². The third-order valence-electron chi connectivity index (χ3n) is 2.79. The first kappa shape index (κ1) is 16.6. The average Bonchev–Trinajstić information content (AvgIpc) is 2.43. The van der Waals surface area contributed by atoms with Crippen molar-refractivity contribution in [1.82, 2.24) is 0 Å². The fraction of sp³-hybridized carbons (Fsp3) is 0.143. The minimum absolute atomic E-state index is 0.197. The van der Waals surface area contributed by atoms with Crippen LogP contribution in [-0.2, 0) is 16.4 Å². The normalized spacial score (nSPS) is 11.4. The van der Waals surface area contributed by atoms with Gasteiger partial charge in [-0.05, 0) is 58.2 Å². The lowest BCUT2D eigenvalue weighted by molar-refractivity contribution is 0.601. The number of anilines is 1. The molecule has 7 heteroatoms. The van der Waals surface area contributed by atoms with Crippen molar-refractivity contribution < 1.29 is 8.42 Å².